The van der Waals surface area contributed by atoms with Crippen LogP contribution in [0.2, 0.25) is 5.02 Å². The minimum atomic E-state index is -3.51. The zero-order valence-corrected chi connectivity index (χ0v) is 32.2. The monoisotopic (exact) mass is 752 g/mol. The van der Waals surface area contributed by atoms with Crippen molar-refractivity contribution in [3.8, 4) is 5.75 Å². The lowest BCUT2D eigenvalue weighted by Gasteiger charge is -2.46. The molecule has 6 atom stereocenters. The van der Waals surface area contributed by atoms with E-state index in [1.165, 1.54) is 11.1 Å². The summed E-state index contributed by atoms with van der Waals surface area (Å²) in [6.45, 7) is 4.50. The Bertz CT molecular complexity index is 1820. The number of carbonyl (C=O) groups excluding carboxylic acids is 2. The molecule has 282 valence electrons. The maximum absolute atomic E-state index is 14.6. The zero-order valence-electron chi connectivity index (χ0n) is 30.7. The minimum Gasteiger partial charge on any atom is -0.490 e. The van der Waals surface area contributed by atoms with Gasteiger partial charge < -0.3 is 24.4 Å². The topological polar surface area (TPSA) is 119 Å². The number of benzene rings is 2. The maximum Gasteiger partial charge on any atom is 0.327 e. The quantitative estimate of drug-likeness (QED) is 0.299. The predicted molar refractivity (Wildman–Crippen MR) is 205 cm³/mol. The molecule has 2 saturated carbocycles. The summed E-state index contributed by atoms with van der Waals surface area (Å²) in [5, 5.41) is 3.80. The number of rotatable bonds is 6. The molecule has 1 unspecified atom stereocenters. The number of aryl methyl sites for hydroxylation is 1. The first-order chi connectivity index (χ1) is 25.0. The average Bonchev–Trinajstić information content (AvgIpc) is 3.23. The molecule has 7 rings (SSSR count). The number of amides is 3. The molecule has 2 fully saturated rings. The van der Waals surface area contributed by atoms with Gasteiger partial charge in [-0.1, -0.05) is 36.7 Å². The van der Waals surface area contributed by atoms with Gasteiger partial charge in [-0.2, -0.15) is 0 Å². The third-order valence-corrected chi connectivity index (χ3v) is 14.5. The van der Waals surface area contributed by atoms with Gasteiger partial charge in [0.15, 0.2) is 0 Å². The van der Waals surface area contributed by atoms with Crippen molar-refractivity contribution < 1.29 is 28.0 Å². The number of fused-ring (bicyclic) bond motifs is 4. The summed E-state index contributed by atoms with van der Waals surface area (Å²) in [4.78, 5) is 29.9. The summed E-state index contributed by atoms with van der Waals surface area (Å²) in [7, 11) is -0.0984. The lowest BCUT2D eigenvalue weighted by atomic mass is 9.68. The number of anilines is 1. The molecule has 2 N–H and O–H groups in total. The molecule has 10 nitrogen and oxygen atoms in total. The summed E-state index contributed by atoms with van der Waals surface area (Å²) in [5.41, 5.74) is 3.02. The SMILES string of the molecule is COCCC1(NC(=O)NS2(=O)=NC(=O)c3ccc4c(c3)N(C[C@@H]3CC[C@H]3[C@@H](OC)/C=C/C[C@H](C)C2)C[C@@]2(CCCc3cc(Cl)ccc32)CO4)CCC1. The van der Waals surface area contributed by atoms with Crippen molar-refractivity contribution in [2.75, 3.05) is 51.2 Å². The van der Waals surface area contributed by atoms with Crippen LogP contribution >= 0.6 is 11.6 Å². The number of hydrogen-bond donors (Lipinski definition) is 2. The molecule has 2 aliphatic heterocycles. The molecule has 12 heteroatoms. The van der Waals surface area contributed by atoms with Crippen molar-refractivity contribution in [3.05, 3.63) is 70.3 Å². The van der Waals surface area contributed by atoms with Gasteiger partial charge >= 0.3 is 6.03 Å². The smallest absolute Gasteiger partial charge is 0.327 e. The summed E-state index contributed by atoms with van der Waals surface area (Å²) in [5.74, 6) is 0.718. The number of urea groups is 1. The van der Waals surface area contributed by atoms with Crippen LogP contribution in [0, 0.1) is 17.8 Å². The molecule has 2 aromatic rings. The van der Waals surface area contributed by atoms with Crippen LogP contribution in [0.5, 0.6) is 5.75 Å². The highest BCUT2D eigenvalue weighted by molar-refractivity contribution is 7.92. The van der Waals surface area contributed by atoms with Crippen LogP contribution < -0.4 is 19.7 Å². The highest BCUT2D eigenvalue weighted by Crippen LogP contribution is 2.47. The van der Waals surface area contributed by atoms with Gasteiger partial charge in [0.2, 0.25) is 0 Å². The number of carbonyl (C=O) groups is 2. The molecule has 1 spiro atoms. The Morgan fingerprint density at radius 2 is 1.98 bits per heavy atom. The number of hydrogen-bond acceptors (Lipinski definition) is 7. The second-order valence-corrected chi connectivity index (χ2v) is 18.3. The van der Waals surface area contributed by atoms with E-state index in [0.29, 0.717) is 49.2 Å². The van der Waals surface area contributed by atoms with Gasteiger partial charge in [0.1, 0.15) is 15.7 Å². The van der Waals surface area contributed by atoms with Crippen LogP contribution in [0.1, 0.15) is 86.2 Å². The van der Waals surface area contributed by atoms with E-state index >= 15 is 0 Å². The lowest BCUT2D eigenvalue weighted by molar-refractivity contribution is 0.0131. The molecule has 0 saturated heterocycles. The normalized spacial score (nSPS) is 31.7. The molecule has 52 heavy (non-hydrogen) atoms. The molecule has 2 heterocycles. The van der Waals surface area contributed by atoms with E-state index in [0.717, 1.165) is 75.2 Å². The summed E-state index contributed by atoms with van der Waals surface area (Å²) >= 11 is 6.47. The van der Waals surface area contributed by atoms with Gasteiger partial charge in [-0.25, -0.2) is 9.00 Å². The second-order valence-electron chi connectivity index (χ2n) is 15.9. The minimum absolute atomic E-state index is 0.0252. The number of methoxy groups -OCH3 is 2. The molecule has 5 aliphatic rings. The molecule has 3 aliphatic carbocycles. The lowest BCUT2D eigenvalue weighted by Crippen LogP contribution is -2.57. The van der Waals surface area contributed by atoms with Crippen LogP contribution in [-0.4, -0.2) is 74.1 Å². The number of halogens is 1. The Kier molecular flexibility index (Phi) is 11.0. The number of ether oxygens (including phenoxy) is 3. The van der Waals surface area contributed by atoms with Crippen molar-refractivity contribution >= 4 is 39.1 Å². The first kappa shape index (κ1) is 37.2. The Labute approximate surface area is 313 Å². The largest absolute Gasteiger partial charge is 0.490 e. The molecular weight excluding hydrogens is 700 g/mol. The molecule has 2 bridgehead atoms. The second kappa shape index (κ2) is 15.3. The van der Waals surface area contributed by atoms with Gasteiger partial charge in [0, 0.05) is 55.5 Å². The number of nitrogens with zero attached hydrogens (tertiary/aromatic N) is 2. The number of nitrogens with one attached hydrogen (secondary N) is 2. The Hall–Kier alpha value is -3.12. The van der Waals surface area contributed by atoms with Crippen LogP contribution in [0.15, 0.2) is 52.9 Å². The standard InChI is InChI=1S/C40H53ClN4O6S/c1-27-7-4-9-35(50-3)32-13-10-30(32)23-45-25-39(16-5-8-28-21-31(41)12-14-33(28)39)26-51-36-15-11-29(22-34(36)45)37(46)43-52(48,24-27)44-38(47)42-40(17-6-18-40)19-20-49-2/h4,9,11-12,14-15,21-22,27,30,32,35H,5-8,10,13,16-20,23-26H2,1-3H3,(H2,42,43,44,46,47,48)/b9-4+/t27-,30-,32+,35-,39-,52?/m0/s1. The Morgan fingerprint density at radius 1 is 1.13 bits per heavy atom. The Balaban J connectivity index is 1.26. The molecule has 0 radical (unpaired) electrons. The molecule has 2 aromatic carbocycles. The van der Waals surface area contributed by atoms with Crippen molar-refractivity contribution in [1.29, 1.82) is 0 Å². The fraction of sp³-hybridized carbons (Fsp3) is 0.600. The predicted octanol–water partition coefficient (Wildman–Crippen LogP) is 7.23. The maximum atomic E-state index is 14.6. The van der Waals surface area contributed by atoms with Crippen molar-refractivity contribution in [1.82, 2.24) is 10.0 Å². The van der Waals surface area contributed by atoms with Gasteiger partial charge in [-0.05, 0) is 123 Å². The third kappa shape index (κ3) is 7.74. The zero-order chi connectivity index (χ0) is 36.5. The highest BCUT2D eigenvalue weighted by atomic mass is 35.5. The van der Waals surface area contributed by atoms with E-state index in [1.807, 2.05) is 25.1 Å². The Morgan fingerprint density at radius 3 is 2.71 bits per heavy atom. The average molecular weight is 753 g/mol. The summed E-state index contributed by atoms with van der Waals surface area (Å²) < 4.78 is 39.6. The first-order valence-corrected chi connectivity index (χ1v) is 21.0. The van der Waals surface area contributed by atoms with Crippen molar-refractivity contribution in [3.63, 3.8) is 0 Å². The van der Waals surface area contributed by atoms with Gasteiger partial charge in [0.25, 0.3) is 5.91 Å². The highest BCUT2D eigenvalue weighted by Gasteiger charge is 2.45. The number of allylic oxidation sites excluding steroid dienone is 1. The first-order valence-electron chi connectivity index (χ1n) is 18.9. The summed E-state index contributed by atoms with van der Waals surface area (Å²) in [6, 6.07) is 11.1. The van der Waals surface area contributed by atoms with E-state index in [9.17, 15) is 13.8 Å². The fourth-order valence-electron chi connectivity index (χ4n) is 9.12. The van der Waals surface area contributed by atoms with E-state index in [1.54, 1.807) is 20.3 Å². The summed E-state index contributed by atoms with van der Waals surface area (Å²) in [6.07, 6.45) is 13.2. The van der Waals surface area contributed by atoms with Crippen molar-refractivity contribution in [2.45, 2.75) is 88.2 Å². The molecule has 3 amide bonds. The van der Waals surface area contributed by atoms with Crippen LogP contribution in [0.4, 0.5) is 10.5 Å². The molecule has 0 aromatic heterocycles. The van der Waals surface area contributed by atoms with Crippen LogP contribution in [0.25, 0.3) is 0 Å². The van der Waals surface area contributed by atoms with Crippen molar-refractivity contribution in [2.24, 2.45) is 22.1 Å². The van der Waals surface area contributed by atoms with E-state index in [2.05, 4.69) is 43.6 Å². The van der Waals surface area contributed by atoms with Crippen LogP contribution in [-0.2, 0) is 31.2 Å². The van der Waals surface area contributed by atoms with Gasteiger partial charge in [-0.3, -0.25) is 9.52 Å². The third-order valence-electron chi connectivity index (χ3n) is 12.2. The fourth-order valence-corrected chi connectivity index (χ4v) is 11.1. The van der Waals surface area contributed by atoms with E-state index < -0.39 is 27.4 Å². The molecular formula is C40H53ClN4O6S. The van der Waals surface area contributed by atoms with E-state index in [-0.39, 0.29) is 23.2 Å². The van der Waals surface area contributed by atoms with Gasteiger partial charge in [-0.15, -0.1) is 4.36 Å². The van der Waals surface area contributed by atoms with Gasteiger partial charge in [0.05, 0.1) is 24.2 Å². The van der Waals surface area contributed by atoms with E-state index in [4.69, 9.17) is 25.8 Å². The van der Waals surface area contributed by atoms with Crippen LogP contribution in [0.3, 0.4) is 0 Å².